The van der Waals surface area contributed by atoms with Crippen molar-refractivity contribution in [3.8, 4) is 11.5 Å². The largest absolute Gasteiger partial charge is 0.493 e. The quantitative estimate of drug-likeness (QED) is 0.415. The number of carbonyl (C=O) groups is 3. The smallest absolute Gasteiger partial charge is 0.343 e. The van der Waals surface area contributed by atoms with Crippen LogP contribution in [0.25, 0.3) is 6.08 Å². The normalized spacial score (nSPS) is 14.8. The van der Waals surface area contributed by atoms with Gasteiger partial charge in [0, 0.05) is 21.2 Å². The van der Waals surface area contributed by atoms with E-state index in [9.17, 15) is 14.4 Å². The summed E-state index contributed by atoms with van der Waals surface area (Å²) in [6.07, 6.45) is 1.51. The minimum absolute atomic E-state index is 0.0513. The van der Waals surface area contributed by atoms with Crippen LogP contribution in [-0.2, 0) is 20.9 Å². The number of halogens is 2. The molecule has 1 aliphatic rings. The van der Waals surface area contributed by atoms with E-state index >= 15 is 0 Å². The molecule has 2 aromatic rings. The molecule has 0 radical (unpaired) electrons. The third-order valence-electron chi connectivity index (χ3n) is 4.33. The highest BCUT2D eigenvalue weighted by molar-refractivity contribution is 8.18. The van der Waals surface area contributed by atoms with Crippen LogP contribution in [0.4, 0.5) is 4.79 Å². The number of amides is 2. The number of benzene rings is 2. The molecule has 0 bridgehead atoms. The summed E-state index contributed by atoms with van der Waals surface area (Å²) in [5, 5.41) is 0.274. The summed E-state index contributed by atoms with van der Waals surface area (Å²) in [5.74, 6) is -0.461. The Morgan fingerprint density at radius 3 is 2.42 bits per heavy atom. The summed E-state index contributed by atoms with van der Waals surface area (Å²) in [6.45, 7) is -0.394. The van der Waals surface area contributed by atoms with Gasteiger partial charge in [-0.05, 0) is 36.0 Å². The number of para-hydroxylation sites is 1. The summed E-state index contributed by atoms with van der Waals surface area (Å²) in [7, 11) is 2.70. The summed E-state index contributed by atoms with van der Waals surface area (Å²) in [5.41, 5.74) is 0.947. The lowest BCUT2D eigenvalue weighted by Crippen LogP contribution is -2.27. The molecular formula is C21H17Cl2NO6S. The van der Waals surface area contributed by atoms with Crippen molar-refractivity contribution in [1.29, 1.82) is 0 Å². The van der Waals surface area contributed by atoms with Crippen LogP contribution >= 0.6 is 35.0 Å². The van der Waals surface area contributed by atoms with Gasteiger partial charge in [-0.25, -0.2) is 4.79 Å². The van der Waals surface area contributed by atoms with E-state index in [2.05, 4.69) is 4.74 Å². The fourth-order valence-electron chi connectivity index (χ4n) is 2.77. The fraction of sp³-hybridized carbons (Fsp3) is 0.190. The zero-order valence-electron chi connectivity index (χ0n) is 16.5. The molecule has 0 atom stereocenters. The number of nitrogens with zero attached hydrogens (tertiary/aromatic N) is 1. The Morgan fingerprint density at radius 1 is 1.10 bits per heavy atom. The van der Waals surface area contributed by atoms with Crippen LogP contribution in [0.2, 0.25) is 10.0 Å². The summed E-state index contributed by atoms with van der Waals surface area (Å²) in [4.78, 5) is 38.1. The number of hydrogen-bond acceptors (Lipinski definition) is 7. The van der Waals surface area contributed by atoms with Gasteiger partial charge in [-0.2, -0.15) is 0 Å². The molecule has 7 nitrogen and oxygen atoms in total. The van der Waals surface area contributed by atoms with Crippen molar-refractivity contribution in [3.63, 3.8) is 0 Å². The van der Waals surface area contributed by atoms with E-state index in [-0.39, 0.29) is 23.8 Å². The second-order valence-corrected chi connectivity index (χ2v) is 8.02. The first-order valence-corrected chi connectivity index (χ1v) is 10.5. The lowest BCUT2D eigenvalue weighted by atomic mass is 10.1. The Balaban J connectivity index is 1.90. The van der Waals surface area contributed by atoms with Gasteiger partial charge in [0.15, 0.2) is 18.1 Å². The van der Waals surface area contributed by atoms with E-state index in [1.54, 1.807) is 36.4 Å². The molecule has 1 fully saturated rings. The number of ether oxygens (including phenoxy) is 3. The predicted octanol–water partition coefficient (Wildman–Crippen LogP) is 4.79. The van der Waals surface area contributed by atoms with Crippen molar-refractivity contribution in [3.05, 3.63) is 62.5 Å². The van der Waals surface area contributed by atoms with E-state index < -0.39 is 17.1 Å². The molecule has 1 heterocycles. The first kappa shape index (κ1) is 23.0. The van der Waals surface area contributed by atoms with Crippen LogP contribution in [0.5, 0.6) is 11.5 Å². The zero-order chi connectivity index (χ0) is 22.5. The van der Waals surface area contributed by atoms with E-state index in [4.69, 9.17) is 32.7 Å². The molecule has 3 rings (SSSR count). The van der Waals surface area contributed by atoms with Gasteiger partial charge in [-0.1, -0.05) is 41.4 Å². The molecule has 2 amide bonds. The first-order valence-electron chi connectivity index (χ1n) is 8.90. The zero-order valence-corrected chi connectivity index (χ0v) is 18.8. The maximum atomic E-state index is 12.9. The monoisotopic (exact) mass is 481 g/mol. The third-order valence-corrected chi connectivity index (χ3v) is 5.95. The standard InChI is InChI=1S/C21H17Cl2NO6S/c1-28-16-8-3-5-12(19(16)30-11-18(25)29-2)9-17-20(26)24(21(27)31-17)10-13-14(22)6-4-7-15(13)23/h3-9H,10-11H2,1-2H3/b17-9+. The van der Waals surface area contributed by atoms with Crippen LogP contribution in [0, 0.1) is 0 Å². The van der Waals surface area contributed by atoms with Gasteiger partial charge in [0.1, 0.15) is 0 Å². The van der Waals surface area contributed by atoms with E-state index in [0.29, 0.717) is 26.9 Å². The number of methoxy groups -OCH3 is 2. The van der Waals surface area contributed by atoms with Gasteiger partial charge in [-0.3, -0.25) is 14.5 Å². The molecule has 0 saturated carbocycles. The van der Waals surface area contributed by atoms with Gasteiger partial charge in [0.05, 0.1) is 25.7 Å². The number of imide groups is 1. The van der Waals surface area contributed by atoms with Crippen molar-refractivity contribution < 1.29 is 28.6 Å². The Kier molecular flexibility index (Phi) is 7.48. The predicted molar refractivity (Wildman–Crippen MR) is 118 cm³/mol. The topological polar surface area (TPSA) is 82.1 Å². The van der Waals surface area contributed by atoms with Crippen LogP contribution in [-0.4, -0.2) is 42.8 Å². The van der Waals surface area contributed by atoms with Gasteiger partial charge in [-0.15, -0.1) is 0 Å². The molecule has 162 valence electrons. The molecular weight excluding hydrogens is 465 g/mol. The van der Waals surface area contributed by atoms with Gasteiger partial charge in [0.2, 0.25) is 0 Å². The highest BCUT2D eigenvalue weighted by atomic mass is 35.5. The second kappa shape index (κ2) is 10.1. The highest BCUT2D eigenvalue weighted by Crippen LogP contribution is 2.38. The summed E-state index contributed by atoms with van der Waals surface area (Å²) >= 11 is 13.1. The Bertz CT molecular complexity index is 1050. The third kappa shape index (κ3) is 5.15. The minimum atomic E-state index is -0.575. The van der Waals surface area contributed by atoms with Crippen LogP contribution in [0.3, 0.4) is 0 Å². The Labute approximate surface area is 192 Å². The number of thioether (sulfide) groups is 1. The molecule has 2 aromatic carbocycles. The van der Waals surface area contributed by atoms with E-state index in [1.165, 1.54) is 20.3 Å². The number of esters is 1. The van der Waals surface area contributed by atoms with Crippen LogP contribution < -0.4 is 9.47 Å². The van der Waals surface area contributed by atoms with Crippen LogP contribution in [0.1, 0.15) is 11.1 Å². The van der Waals surface area contributed by atoms with E-state index in [1.807, 2.05) is 0 Å². The molecule has 0 unspecified atom stereocenters. The molecule has 0 aromatic heterocycles. The lowest BCUT2D eigenvalue weighted by molar-refractivity contribution is -0.143. The van der Waals surface area contributed by atoms with Gasteiger partial charge in [0.25, 0.3) is 11.1 Å². The van der Waals surface area contributed by atoms with Gasteiger partial charge < -0.3 is 14.2 Å². The summed E-state index contributed by atoms with van der Waals surface area (Å²) < 4.78 is 15.4. The SMILES string of the molecule is COC(=O)COc1c(/C=C2/SC(=O)N(Cc3c(Cl)cccc3Cl)C2=O)cccc1OC. The average Bonchev–Trinajstić information content (AvgIpc) is 3.01. The van der Waals surface area contributed by atoms with Crippen LogP contribution in [0.15, 0.2) is 41.3 Å². The molecule has 0 spiro atoms. The molecule has 1 aliphatic heterocycles. The Hall–Kier alpha value is -2.68. The number of carbonyl (C=O) groups excluding carboxylic acids is 3. The second-order valence-electron chi connectivity index (χ2n) is 6.21. The fourth-order valence-corrected chi connectivity index (χ4v) is 4.12. The summed E-state index contributed by atoms with van der Waals surface area (Å²) in [6, 6.07) is 9.98. The maximum absolute atomic E-state index is 12.9. The number of hydrogen-bond donors (Lipinski definition) is 0. The molecule has 31 heavy (non-hydrogen) atoms. The van der Waals surface area contributed by atoms with Crippen molar-refractivity contribution in [1.82, 2.24) is 4.90 Å². The highest BCUT2D eigenvalue weighted by Gasteiger charge is 2.36. The van der Waals surface area contributed by atoms with Crippen molar-refractivity contribution >= 4 is 58.2 Å². The minimum Gasteiger partial charge on any atom is -0.493 e. The molecule has 0 aliphatic carbocycles. The lowest BCUT2D eigenvalue weighted by Gasteiger charge is -2.15. The van der Waals surface area contributed by atoms with Crippen molar-refractivity contribution in [2.45, 2.75) is 6.54 Å². The van der Waals surface area contributed by atoms with Gasteiger partial charge >= 0.3 is 5.97 Å². The van der Waals surface area contributed by atoms with E-state index in [0.717, 1.165) is 16.7 Å². The number of rotatable bonds is 7. The Morgan fingerprint density at radius 2 is 1.77 bits per heavy atom. The average molecular weight is 482 g/mol. The molecule has 10 heteroatoms. The molecule has 0 N–H and O–H groups in total. The first-order chi connectivity index (χ1) is 14.8. The van der Waals surface area contributed by atoms with Crippen molar-refractivity contribution in [2.75, 3.05) is 20.8 Å². The molecule has 1 saturated heterocycles. The van der Waals surface area contributed by atoms with Crippen molar-refractivity contribution in [2.24, 2.45) is 0 Å². The maximum Gasteiger partial charge on any atom is 0.343 e.